The molecule has 16 heavy (non-hydrogen) atoms. The number of hydrogen-bond acceptors (Lipinski definition) is 3. The molecule has 3 nitrogen and oxygen atoms in total. The molecule has 0 amide bonds. The zero-order valence-corrected chi connectivity index (χ0v) is 10.0. The number of nitrogens with two attached hydrogens (primary N) is 1. The molecule has 1 aromatic heterocycles. The second-order valence-electron chi connectivity index (χ2n) is 3.88. The normalized spacial score (nSPS) is 10.7. The molecule has 1 heterocycles. The molecule has 0 spiro atoms. The summed E-state index contributed by atoms with van der Waals surface area (Å²) in [7, 11) is 0. The molecule has 0 bridgehead atoms. The minimum atomic E-state index is 0.503. The lowest BCUT2D eigenvalue weighted by Crippen LogP contribution is -2.24. The molecule has 0 atom stereocenters. The van der Waals surface area contributed by atoms with Crippen LogP contribution in [0.25, 0.3) is 0 Å². The van der Waals surface area contributed by atoms with Crippen molar-refractivity contribution in [3.05, 3.63) is 42.2 Å². The summed E-state index contributed by atoms with van der Waals surface area (Å²) in [6.07, 6.45) is 4.93. The van der Waals surface area contributed by atoms with Gasteiger partial charge in [-0.2, -0.15) is 0 Å². The molecule has 0 aromatic carbocycles. The second kappa shape index (κ2) is 7.14. The lowest BCUT2D eigenvalue weighted by atomic mass is 10.2. The summed E-state index contributed by atoms with van der Waals surface area (Å²) >= 11 is 0. The van der Waals surface area contributed by atoms with Crippen LogP contribution in [-0.4, -0.2) is 23.0 Å². The Balaban J connectivity index is 2.64. The van der Waals surface area contributed by atoms with Crippen LogP contribution >= 0.6 is 0 Å². The van der Waals surface area contributed by atoms with E-state index in [0.29, 0.717) is 6.54 Å². The van der Waals surface area contributed by atoms with Crippen LogP contribution in [0.2, 0.25) is 0 Å². The summed E-state index contributed by atoms with van der Waals surface area (Å²) in [5.41, 5.74) is 7.80. The first-order valence-electron chi connectivity index (χ1n) is 5.77. The number of hydrogen-bond donors (Lipinski definition) is 1. The highest BCUT2D eigenvalue weighted by Gasteiger charge is 2.03. The fraction of sp³-hybridized carbons (Fsp3) is 0.462. The van der Waals surface area contributed by atoms with Crippen LogP contribution in [0.4, 0.5) is 0 Å². The molecule has 0 saturated carbocycles. The van der Waals surface area contributed by atoms with Crippen LogP contribution in [0, 0.1) is 0 Å². The molecule has 0 radical (unpaired) electrons. The molecule has 88 valence electrons. The highest BCUT2D eigenvalue weighted by atomic mass is 15.1. The van der Waals surface area contributed by atoms with Gasteiger partial charge in [-0.15, -0.1) is 6.58 Å². The molecule has 1 rings (SSSR count). The van der Waals surface area contributed by atoms with Crippen molar-refractivity contribution in [2.24, 2.45) is 5.73 Å². The van der Waals surface area contributed by atoms with Crippen molar-refractivity contribution in [2.75, 3.05) is 13.1 Å². The third-order valence-corrected chi connectivity index (χ3v) is 2.42. The van der Waals surface area contributed by atoms with Crippen molar-refractivity contribution in [3.63, 3.8) is 0 Å². The molecule has 1 aromatic rings. The molecule has 3 heteroatoms. The molecule has 0 aliphatic carbocycles. The first-order valence-corrected chi connectivity index (χ1v) is 5.77. The maximum atomic E-state index is 5.57. The third-order valence-electron chi connectivity index (χ3n) is 2.42. The fourth-order valence-corrected chi connectivity index (χ4v) is 1.73. The standard InChI is InChI=1S/C13H21N3/c1-3-7-16(8-4-2)11-12-5-6-15-13(9-12)10-14/h3,5-6,9H,1,4,7-8,10-11,14H2,2H3. The van der Waals surface area contributed by atoms with Crippen LogP contribution in [0.5, 0.6) is 0 Å². The molecule has 0 fully saturated rings. The lowest BCUT2D eigenvalue weighted by molar-refractivity contribution is 0.295. The molecular weight excluding hydrogens is 198 g/mol. The predicted octanol–water partition coefficient (Wildman–Crippen LogP) is 1.94. The Hall–Kier alpha value is -1.19. The van der Waals surface area contributed by atoms with Crippen molar-refractivity contribution in [1.29, 1.82) is 0 Å². The van der Waals surface area contributed by atoms with E-state index in [4.69, 9.17) is 5.73 Å². The zero-order valence-electron chi connectivity index (χ0n) is 10.0. The summed E-state index contributed by atoms with van der Waals surface area (Å²) in [6, 6.07) is 4.12. The van der Waals surface area contributed by atoms with Crippen LogP contribution in [0.1, 0.15) is 24.6 Å². The van der Waals surface area contributed by atoms with Gasteiger partial charge in [0, 0.05) is 25.8 Å². The summed E-state index contributed by atoms with van der Waals surface area (Å²) < 4.78 is 0. The summed E-state index contributed by atoms with van der Waals surface area (Å²) in [5.74, 6) is 0. The van der Waals surface area contributed by atoms with Crippen LogP contribution in [-0.2, 0) is 13.1 Å². The Morgan fingerprint density at radius 3 is 3.00 bits per heavy atom. The first kappa shape index (κ1) is 12.9. The van der Waals surface area contributed by atoms with E-state index in [1.165, 1.54) is 5.56 Å². The maximum Gasteiger partial charge on any atom is 0.0542 e. The van der Waals surface area contributed by atoms with Crippen LogP contribution in [0.15, 0.2) is 31.0 Å². The van der Waals surface area contributed by atoms with Gasteiger partial charge in [-0.3, -0.25) is 9.88 Å². The van der Waals surface area contributed by atoms with Crippen molar-refractivity contribution in [3.8, 4) is 0 Å². The van der Waals surface area contributed by atoms with E-state index in [2.05, 4.69) is 29.5 Å². The Labute approximate surface area is 98.0 Å². The smallest absolute Gasteiger partial charge is 0.0542 e. The van der Waals surface area contributed by atoms with Crippen molar-refractivity contribution >= 4 is 0 Å². The van der Waals surface area contributed by atoms with E-state index in [1.807, 2.05) is 18.3 Å². The quantitative estimate of drug-likeness (QED) is 0.713. The van der Waals surface area contributed by atoms with Gasteiger partial charge >= 0.3 is 0 Å². The highest BCUT2D eigenvalue weighted by molar-refractivity contribution is 5.16. The van der Waals surface area contributed by atoms with E-state index in [9.17, 15) is 0 Å². The van der Waals surface area contributed by atoms with Gasteiger partial charge in [-0.05, 0) is 30.7 Å². The van der Waals surface area contributed by atoms with Gasteiger partial charge in [-0.25, -0.2) is 0 Å². The van der Waals surface area contributed by atoms with Gasteiger partial charge in [0.15, 0.2) is 0 Å². The monoisotopic (exact) mass is 219 g/mol. The van der Waals surface area contributed by atoms with Gasteiger partial charge in [0.2, 0.25) is 0 Å². The van der Waals surface area contributed by atoms with Gasteiger partial charge in [0.1, 0.15) is 0 Å². The van der Waals surface area contributed by atoms with E-state index in [1.54, 1.807) is 0 Å². The Bertz CT molecular complexity index is 323. The number of nitrogens with zero attached hydrogens (tertiary/aromatic N) is 2. The highest BCUT2D eigenvalue weighted by Crippen LogP contribution is 2.06. The molecule has 0 aliphatic rings. The molecule has 0 aliphatic heterocycles. The Kier molecular flexibility index (Phi) is 5.75. The van der Waals surface area contributed by atoms with Gasteiger partial charge in [0.25, 0.3) is 0 Å². The lowest BCUT2D eigenvalue weighted by Gasteiger charge is -2.19. The topological polar surface area (TPSA) is 42.2 Å². The summed E-state index contributed by atoms with van der Waals surface area (Å²) in [5, 5.41) is 0. The SMILES string of the molecule is C=CCN(CCC)Cc1ccnc(CN)c1. The minimum absolute atomic E-state index is 0.503. The second-order valence-corrected chi connectivity index (χ2v) is 3.88. The Morgan fingerprint density at radius 2 is 2.38 bits per heavy atom. The van der Waals surface area contributed by atoms with Crippen molar-refractivity contribution in [2.45, 2.75) is 26.4 Å². The predicted molar refractivity (Wildman–Crippen MR) is 67.9 cm³/mol. The largest absolute Gasteiger partial charge is 0.325 e. The average Bonchev–Trinajstić information content (AvgIpc) is 2.30. The van der Waals surface area contributed by atoms with Crippen LogP contribution in [0.3, 0.4) is 0 Å². The molecule has 0 saturated heterocycles. The Morgan fingerprint density at radius 1 is 1.56 bits per heavy atom. The van der Waals surface area contributed by atoms with E-state index in [-0.39, 0.29) is 0 Å². The van der Waals surface area contributed by atoms with Crippen molar-refractivity contribution in [1.82, 2.24) is 9.88 Å². The third kappa shape index (κ3) is 4.13. The summed E-state index contributed by atoms with van der Waals surface area (Å²) in [4.78, 5) is 6.56. The van der Waals surface area contributed by atoms with Gasteiger partial charge < -0.3 is 5.73 Å². The van der Waals surface area contributed by atoms with E-state index >= 15 is 0 Å². The molecular formula is C13H21N3. The average molecular weight is 219 g/mol. The van der Waals surface area contributed by atoms with Crippen molar-refractivity contribution < 1.29 is 0 Å². The number of aromatic nitrogens is 1. The maximum absolute atomic E-state index is 5.57. The molecule has 0 unspecified atom stereocenters. The number of pyridine rings is 1. The number of rotatable bonds is 7. The van der Waals surface area contributed by atoms with Crippen LogP contribution < -0.4 is 5.73 Å². The van der Waals surface area contributed by atoms with E-state index in [0.717, 1.165) is 31.7 Å². The zero-order chi connectivity index (χ0) is 11.8. The van der Waals surface area contributed by atoms with Gasteiger partial charge in [0.05, 0.1) is 5.69 Å². The fourth-order valence-electron chi connectivity index (χ4n) is 1.73. The minimum Gasteiger partial charge on any atom is -0.325 e. The van der Waals surface area contributed by atoms with E-state index < -0.39 is 0 Å². The summed E-state index contributed by atoms with van der Waals surface area (Å²) in [6.45, 7) is 9.43. The first-order chi connectivity index (χ1) is 7.80. The van der Waals surface area contributed by atoms with Gasteiger partial charge in [-0.1, -0.05) is 13.0 Å². The molecule has 2 N–H and O–H groups in total.